The summed E-state index contributed by atoms with van der Waals surface area (Å²) in [7, 11) is 4.95. The molecule has 376 valence electrons. The van der Waals surface area contributed by atoms with E-state index in [9.17, 15) is 19.6 Å². The lowest BCUT2D eigenvalue weighted by Crippen LogP contribution is -2.69. The Kier molecular flexibility index (Phi) is 12.7. The van der Waals surface area contributed by atoms with Crippen LogP contribution in [0.4, 0.5) is 4.79 Å². The van der Waals surface area contributed by atoms with Gasteiger partial charge in [0.25, 0.3) is 0 Å². The Hall–Kier alpha value is -6.78. The van der Waals surface area contributed by atoms with Crippen LogP contribution in [0.25, 0.3) is 6.08 Å². The van der Waals surface area contributed by atoms with Crippen LogP contribution in [0.5, 0.6) is 40.2 Å². The molecule has 72 heavy (non-hydrogen) atoms. The third kappa shape index (κ3) is 8.16. The Morgan fingerprint density at radius 2 is 1.68 bits per heavy atom. The number of esters is 3. The van der Waals surface area contributed by atoms with Crippen molar-refractivity contribution in [1.82, 2.24) is 15.1 Å². The predicted molar refractivity (Wildman–Crippen MR) is 263 cm³/mol. The highest BCUT2D eigenvalue weighted by Crippen LogP contribution is 2.65. The number of hydrogen-bond acceptors (Lipinski definition) is 18. The zero-order valence-corrected chi connectivity index (χ0v) is 42.4. The van der Waals surface area contributed by atoms with E-state index < -0.39 is 70.7 Å². The first kappa shape index (κ1) is 48.8. The van der Waals surface area contributed by atoms with Crippen LogP contribution < -0.4 is 38.5 Å². The molecule has 2 fully saturated rings. The first-order valence-corrected chi connectivity index (χ1v) is 24.9. The maximum atomic E-state index is 15.3. The highest BCUT2D eigenvalue weighted by atomic mass is 32.2. The van der Waals surface area contributed by atoms with E-state index in [-0.39, 0.29) is 42.2 Å². The number of benzene rings is 4. The van der Waals surface area contributed by atoms with Crippen molar-refractivity contribution in [3.8, 4) is 46.3 Å². The van der Waals surface area contributed by atoms with Crippen molar-refractivity contribution < 1.29 is 61.8 Å². The van der Waals surface area contributed by atoms with Crippen molar-refractivity contribution in [2.45, 2.75) is 101 Å². The number of rotatable bonds is 7. The summed E-state index contributed by atoms with van der Waals surface area (Å²) in [5.74, 6) is 0.340. The molecule has 7 aliphatic rings. The molecule has 0 radical (unpaired) electrons. The van der Waals surface area contributed by atoms with Crippen LogP contribution in [0.1, 0.15) is 95.1 Å². The number of likely N-dealkylation sites (N-methyl/N-ethyl adjacent to an activating group) is 1. The van der Waals surface area contributed by atoms with Gasteiger partial charge in [0.1, 0.15) is 24.0 Å². The van der Waals surface area contributed by atoms with Gasteiger partial charge in [0.05, 0.1) is 37.6 Å². The minimum atomic E-state index is -1.50. The minimum absolute atomic E-state index is 0.0511. The van der Waals surface area contributed by atoms with E-state index in [0.29, 0.717) is 64.5 Å². The summed E-state index contributed by atoms with van der Waals surface area (Å²) in [5.41, 5.74) is 3.78. The molecule has 17 nitrogen and oxygen atoms in total. The number of carbonyl (C=O) groups excluding carboxylic acids is 4. The van der Waals surface area contributed by atoms with Crippen molar-refractivity contribution >= 4 is 41.9 Å². The summed E-state index contributed by atoms with van der Waals surface area (Å²) < 4.78 is 55.1. The molecule has 7 atom stereocenters. The molecule has 7 aliphatic heterocycles. The number of carbonyl (C=O) groups is 4. The summed E-state index contributed by atoms with van der Waals surface area (Å²) >= 11 is 1.43. The molecular formula is C54H56N4O13S. The smallest absolute Gasteiger partial charge is 0.493 e. The monoisotopic (exact) mass is 1000 g/mol. The lowest BCUT2D eigenvalue weighted by atomic mass is 9.71. The Balaban J connectivity index is 1.16. The van der Waals surface area contributed by atoms with E-state index in [4.69, 9.17) is 42.6 Å². The zero-order chi connectivity index (χ0) is 51.0. The van der Waals surface area contributed by atoms with Crippen molar-refractivity contribution in [3.05, 3.63) is 105 Å². The van der Waals surface area contributed by atoms with E-state index in [2.05, 4.69) is 21.2 Å². The van der Waals surface area contributed by atoms with E-state index in [1.54, 1.807) is 39.0 Å². The quantitative estimate of drug-likeness (QED) is 0.0827. The number of fused-ring (bicyclic) bond motifs is 9. The Morgan fingerprint density at radius 3 is 2.39 bits per heavy atom. The number of methoxy groups -OCH3 is 2. The average molecular weight is 1000 g/mol. The molecule has 0 aromatic heterocycles. The molecule has 1 spiro atoms. The number of nitrogens with one attached hydrogen (secondary N) is 1. The molecular weight excluding hydrogens is 945 g/mol. The molecule has 4 aromatic carbocycles. The molecule has 2 saturated heterocycles. The molecule has 1 N–H and O–H groups in total. The van der Waals surface area contributed by atoms with Gasteiger partial charge in [0.15, 0.2) is 40.0 Å². The minimum Gasteiger partial charge on any atom is -0.493 e. The molecule has 0 aliphatic carbocycles. The predicted octanol–water partition coefficient (Wildman–Crippen LogP) is 7.51. The van der Waals surface area contributed by atoms with Gasteiger partial charge in [0.2, 0.25) is 6.79 Å². The molecule has 1 unspecified atom stereocenters. The summed E-state index contributed by atoms with van der Waals surface area (Å²) in [6.07, 6.45) is 2.96. The first-order chi connectivity index (χ1) is 34.5. The van der Waals surface area contributed by atoms with Gasteiger partial charge in [-0.3, -0.25) is 19.9 Å². The lowest BCUT2D eigenvalue weighted by molar-refractivity contribution is -0.157. The zero-order valence-electron chi connectivity index (χ0n) is 41.5. The third-order valence-corrected chi connectivity index (χ3v) is 15.9. The van der Waals surface area contributed by atoms with Gasteiger partial charge in [-0.1, -0.05) is 36.4 Å². The third-order valence-electron chi connectivity index (χ3n) is 14.4. The van der Waals surface area contributed by atoms with Crippen LogP contribution in [0.2, 0.25) is 0 Å². The second-order valence-corrected chi connectivity index (χ2v) is 20.9. The SMILES string of the molecule is COc1cc2c(cc1OC(=O)C=Cc1ccccc1)CCN[C@]21CS[C@@H]2c3c(OC(C)=O)c(C)c4c(c3[C@H](COC1=O)N1C2[C@H]2c3c(cc(C)c(OC)c3OC(=O)OC(C)(C)C)C[C@@H]([C@@H]1C#N)N2C)OCO4. The van der Waals surface area contributed by atoms with E-state index in [1.165, 1.54) is 39.0 Å². The van der Waals surface area contributed by atoms with Crippen LogP contribution in [-0.2, 0) is 42.2 Å². The maximum absolute atomic E-state index is 15.3. The largest absolute Gasteiger partial charge is 0.514 e. The number of nitriles is 1. The fraction of sp³-hybridized carbons (Fsp3) is 0.426. The fourth-order valence-electron chi connectivity index (χ4n) is 11.6. The highest BCUT2D eigenvalue weighted by Gasteiger charge is 2.62. The summed E-state index contributed by atoms with van der Waals surface area (Å²) in [6, 6.07) is 14.2. The van der Waals surface area contributed by atoms with Gasteiger partial charge in [-0.15, -0.1) is 11.8 Å². The van der Waals surface area contributed by atoms with E-state index in [1.807, 2.05) is 57.3 Å². The van der Waals surface area contributed by atoms with Gasteiger partial charge < -0.3 is 42.6 Å². The first-order valence-electron chi connectivity index (χ1n) is 23.8. The van der Waals surface area contributed by atoms with Crippen LogP contribution in [0.15, 0.2) is 54.6 Å². The fourth-order valence-corrected chi connectivity index (χ4v) is 13.2. The number of hydrogen-bond donors (Lipinski definition) is 1. The van der Waals surface area contributed by atoms with E-state index >= 15 is 4.79 Å². The van der Waals surface area contributed by atoms with Gasteiger partial charge in [-0.25, -0.2) is 14.4 Å². The molecule has 4 aromatic rings. The molecule has 7 heterocycles. The summed E-state index contributed by atoms with van der Waals surface area (Å²) in [4.78, 5) is 59.9. The summed E-state index contributed by atoms with van der Waals surface area (Å²) in [6.45, 7) is 10.3. The van der Waals surface area contributed by atoms with Crippen molar-refractivity contribution in [3.63, 3.8) is 0 Å². The molecule has 4 bridgehead atoms. The number of ether oxygens (including phenoxy) is 9. The van der Waals surface area contributed by atoms with Crippen LogP contribution in [0.3, 0.4) is 0 Å². The topological polar surface area (TPSA) is 194 Å². The number of aryl methyl sites for hydroxylation is 1. The number of nitrogens with zero attached hydrogens (tertiary/aromatic N) is 3. The summed E-state index contributed by atoms with van der Waals surface area (Å²) in [5, 5.41) is 14.3. The molecule has 0 amide bonds. The average Bonchev–Trinajstić information content (AvgIpc) is 3.83. The highest BCUT2D eigenvalue weighted by molar-refractivity contribution is 7.99. The molecule has 18 heteroatoms. The van der Waals surface area contributed by atoms with Crippen molar-refractivity contribution in [1.29, 1.82) is 5.26 Å². The maximum Gasteiger partial charge on any atom is 0.514 e. The second-order valence-electron chi connectivity index (χ2n) is 19.8. The second kappa shape index (κ2) is 18.7. The van der Waals surface area contributed by atoms with Gasteiger partial charge in [-0.2, -0.15) is 5.26 Å². The lowest BCUT2D eigenvalue weighted by Gasteiger charge is -2.62. The molecule has 11 rings (SSSR count). The Morgan fingerprint density at radius 1 is 0.917 bits per heavy atom. The van der Waals surface area contributed by atoms with Gasteiger partial charge >= 0.3 is 24.1 Å². The van der Waals surface area contributed by atoms with Crippen LogP contribution in [-0.4, -0.2) is 105 Å². The van der Waals surface area contributed by atoms with Crippen molar-refractivity contribution in [2.75, 3.05) is 47.0 Å². The standard InChI is InChI=1S/C54H56N4O13S/c1-27-19-32-20-34-35(23-55)58-36-24-65-51(61)54(33-22-37(63-8)38(21-31(33)17-18-56-54)69-39(60)16-15-30-13-11-10-12-14-30)25-72-50(42-41(36)48-47(66-26-67-48)28(2)46(42)68-29(3)59)44(58)43(57(34)7)40(32)49(45(27)64-9)70-52(62)71-53(4,5)6/h10-16,19,21-22,34-36,43-44,50,56H,17-18,20,24-26H2,1-9H3/t34-,35-,36-,43+,44?,50+,54+/m0/s1. The van der Waals surface area contributed by atoms with Crippen molar-refractivity contribution in [2.24, 2.45) is 0 Å². The van der Waals surface area contributed by atoms with E-state index in [0.717, 1.165) is 22.3 Å². The van der Waals surface area contributed by atoms with Crippen LogP contribution in [0, 0.1) is 25.2 Å². The van der Waals surface area contributed by atoms with Gasteiger partial charge in [-0.05, 0) is 101 Å². The van der Waals surface area contributed by atoms with Crippen LogP contribution >= 0.6 is 11.8 Å². The molecule has 0 saturated carbocycles. The number of thioether (sulfide) groups is 1. The van der Waals surface area contributed by atoms with Gasteiger partial charge in [0, 0.05) is 59.6 Å². The normalized spacial score (nSPS) is 25.0. The Bertz CT molecular complexity index is 2980. The number of piperazine rings is 1. The Labute approximate surface area is 421 Å².